The highest BCUT2D eigenvalue weighted by Gasteiger charge is 2.19. The molecule has 34 heavy (non-hydrogen) atoms. The monoisotopic (exact) mass is 452 g/mol. The second-order valence-corrected chi connectivity index (χ2v) is 10.1. The van der Waals surface area contributed by atoms with E-state index in [4.69, 9.17) is 0 Å². The van der Waals surface area contributed by atoms with Crippen LogP contribution >= 0.6 is 11.3 Å². The summed E-state index contributed by atoms with van der Waals surface area (Å²) in [4.78, 5) is 0. The molecule has 0 unspecified atom stereocenters. The van der Waals surface area contributed by atoms with Gasteiger partial charge in [-0.2, -0.15) is 0 Å². The van der Waals surface area contributed by atoms with E-state index in [9.17, 15) is 0 Å². The van der Waals surface area contributed by atoms with Gasteiger partial charge >= 0.3 is 0 Å². The van der Waals surface area contributed by atoms with Gasteiger partial charge in [-0.15, -0.1) is 11.3 Å². The fourth-order valence-electron chi connectivity index (χ4n) is 5.84. The highest BCUT2D eigenvalue weighted by atomic mass is 32.1. The topological polar surface area (TPSA) is 9.86 Å². The van der Waals surface area contributed by atoms with E-state index >= 15 is 0 Å². The second-order valence-electron chi connectivity index (χ2n) is 9.06. The Balaban J connectivity index is 1.56. The summed E-state index contributed by atoms with van der Waals surface area (Å²) in [5, 5.41) is 7.95. The van der Waals surface area contributed by atoms with Crippen molar-refractivity contribution in [2.75, 3.05) is 0 Å². The maximum atomic E-state index is 2.44. The summed E-state index contributed by atoms with van der Waals surface area (Å²) in [5.41, 5.74) is 6.26. The van der Waals surface area contributed by atoms with Crippen LogP contribution in [-0.2, 0) is 7.05 Å². The summed E-state index contributed by atoms with van der Waals surface area (Å²) in [6.07, 6.45) is 0. The van der Waals surface area contributed by atoms with Gasteiger partial charge in [-0.05, 0) is 48.5 Å². The molecule has 8 rings (SSSR count). The number of aryl methyl sites for hydroxylation is 1. The molecule has 0 aliphatic heterocycles. The molecule has 3 aromatic heterocycles. The normalized spacial score (nSPS) is 12.3. The molecule has 0 saturated heterocycles. The van der Waals surface area contributed by atoms with Crippen molar-refractivity contribution in [1.29, 1.82) is 0 Å². The minimum atomic E-state index is 1.21. The summed E-state index contributed by atoms with van der Waals surface area (Å²) in [7, 11) is 2.17. The first-order chi connectivity index (χ1) is 16.8. The van der Waals surface area contributed by atoms with Gasteiger partial charge in [-0.25, -0.2) is 0 Å². The third-order valence-corrected chi connectivity index (χ3v) is 8.48. The van der Waals surface area contributed by atoms with Crippen LogP contribution in [0.3, 0.4) is 0 Å². The zero-order valence-corrected chi connectivity index (χ0v) is 19.4. The average Bonchev–Trinajstić information content (AvgIpc) is 3.52. The van der Waals surface area contributed by atoms with Gasteiger partial charge in [0.2, 0.25) is 0 Å². The molecule has 0 amide bonds. The van der Waals surface area contributed by atoms with Gasteiger partial charge in [-0.1, -0.05) is 54.6 Å². The predicted octanol–water partition coefficient (Wildman–Crippen LogP) is 8.80. The van der Waals surface area contributed by atoms with Crippen LogP contribution in [0.15, 0.2) is 103 Å². The number of fused-ring (bicyclic) bond motifs is 10. The van der Waals surface area contributed by atoms with E-state index in [1.54, 1.807) is 0 Å². The van der Waals surface area contributed by atoms with Crippen LogP contribution in [0.5, 0.6) is 0 Å². The fourth-order valence-corrected chi connectivity index (χ4v) is 6.93. The molecule has 160 valence electrons. The van der Waals surface area contributed by atoms with E-state index in [0.717, 1.165) is 0 Å². The highest BCUT2D eigenvalue weighted by Crippen LogP contribution is 2.42. The smallest absolute Gasteiger partial charge is 0.0548 e. The van der Waals surface area contributed by atoms with Crippen LogP contribution in [0.1, 0.15) is 0 Å². The third-order valence-electron chi connectivity index (χ3n) is 7.33. The van der Waals surface area contributed by atoms with Gasteiger partial charge in [0, 0.05) is 65.5 Å². The Hall–Kier alpha value is -4.08. The largest absolute Gasteiger partial charge is 0.344 e. The lowest BCUT2D eigenvalue weighted by Gasteiger charge is -2.08. The molecule has 8 aromatic rings. The summed E-state index contributed by atoms with van der Waals surface area (Å²) in [5.74, 6) is 0. The first-order valence-electron chi connectivity index (χ1n) is 11.6. The van der Waals surface area contributed by atoms with Crippen LogP contribution in [0.25, 0.3) is 69.5 Å². The molecular weight excluding hydrogens is 432 g/mol. The molecule has 0 aliphatic rings. The Bertz CT molecular complexity index is 2080. The SMILES string of the molecule is Cn1c2ccccc2c2c3c4ccccc4n(-c4ccc5sc6ccccc6c5c4)c3ccc21. The first-order valence-corrected chi connectivity index (χ1v) is 12.4. The Morgan fingerprint density at radius 1 is 0.500 bits per heavy atom. The maximum absolute atomic E-state index is 2.44. The molecule has 0 N–H and O–H groups in total. The van der Waals surface area contributed by atoms with Gasteiger partial charge in [0.25, 0.3) is 0 Å². The van der Waals surface area contributed by atoms with Crippen molar-refractivity contribution in [2.24, 2.45) is 7.05 Å². The number of rotatable bonds is 1. The predicted molar refractivity (Wildman–Crippen MR) is 148 cm³/mol. The molecule has 5 aromatic carbocycles. The lowest BCUT2D eigenvalue weighted by atomic mass is 10.1. The quantitative estimate of drug-likeness (QED) is 0.235. The third kappa shape index (κ3) is 2.25. The van der Waals surface area contributed by atoms with Crippen molar-refractivity contribution in [1.82, 2.24) is 9.13 Å². The molecule has 0 fully saturated rings. The standard InChI is InChI=1S/C31H20N2S/c1-32-24-11-5-2-9-21(24)30-26(32)15-16-27-31(30)22-10-3-6-12-25(22)33(27)19-14-17-29-23(18-19)20-8-4-7-13-28(20)34-29/h2-18H,1H3. The Labute approximate surface area is 199 Å². The number of benzene rings is 5. The number of aromatic nitrogens is 2. The molecule has 0 spiro atoms. The molecule has 3 heteroatoms. The molecule has 0 atom stereocenters. The number of hydrogen-bond acceptors (Lipinski definition) is 1. The zero-order valence-electron chi connectivity index (χ0n) is 18.6. The van der Waals surface area contributed by atoms with Crippen molar-refractivity contribution in [3.8, 4) is 5.69 Å². The van der Waals surface area contributed by atoms with E-state index in [2.05, 4.69) is 119 Å². The van der Waals surface area contributed by atoms with Crippen LogP contribution in [0.4, 0.5) is 0 Å². The minimum absolute atomic E-state index is 1.21. The Morgan fingerprint density at radius 3 is 1.97 bits per heavy atom. The van der Waals surface area contributed by atoms with E-state index in [0.29, 0.717) is 0 Å². The van der Waals surface area contributed by atoms with Crippen LogP contribution in [0.2, 0.25) is 0 Å². The summed E-state index contributed by atoms with van der Waals surface area (Å²) in [6.45, 7) is 0. The van der Waals surface area contributed by atoms with Crippen molar-refractivity contribution >= 4 is 75.1 Å². The van der Waals surface area contributed by atoms with Crippen LogP contribution in [0, 0.1) is 0 Å². The Morgan fingerprint density at radius 2 is 1.12 bits per heavy atom. The van der Waals surface area contributed by atoms with Crippen molar-refractivity contribution in [2.45, 2.75) is 0 Å². The average molecular weight is 453 g/mol. The Kier molecular flexibility index (Phi) is 3.51. The first kappa shape index (κ1) is 18.4. The van der Waals surface area contributed by atoms with E-state index in [1.807, 2.05) is 11.3 Å². The maximum Gasteiger partial charge on any atom is 0.0548 e. The molecular formula is C31H20N2S. The summed E-state index contributed by atoms with van der Waals surface area (Å²) in [6, 6.07) is 37.8. The molecule has 0 saturated carbocycles. The molecule has 0 radical (unpaired) electrons. The summed E-state index contributed by atoms with van der Waals surface area (Å²) >= 11 is 1.87. The van der Waals surface area contributed by atoms with E-state index in [1.165, 1.54) is 69.5 Å². The number of para-hydroxylation sites is 2. The molecule has 0 aliphatic carbocycles. The molecule has 0 bridgehead atoms. The molecule has 2 nitrogen and oxygen atoms in total. The van der Waals surface area contributed by atoms with Crippen molar-refractivity contribution < 1.29 is 0 Å². The molecule has 3 heterocycles. The number of thiophene rings is 1. The van der Waals surface area contributed by atoms with Gasteiger partial charge in [0.15, 0.2) is 0 Å². The van der Waals surface area contributed by atoms with Gasteiger partial charge in [-0.3, -0.25) is 0 Å². The van der Waals surface area contributed by atoms with Crippen LogP contribution < -0.4 is 0 Å². The van der Waals surface area contributed by atoms with E-state index < -0.39 is 0 Å². The van der Waals surface area contributed by atoms with Gasteiger partial charge < -0.3 is 9.13 Å². The fraction of sp³-hybridized carbons (Fsp3) is 0.0323. The second kappa shape index (κ2) is 6.49. The highest BCUT2D eigenvalue weighted by molar-refractivity contribution is 7.25. The lowest BCUT2D eigenvalue weighted by Crippen LogP contribution is -1.93. The lowest BCUT2D eigenvalue weighted by molar-refractivity contribution is 1.01. The van der Waals surface area contributed by atoms with Crippen LogP contribution in [-0.4, -0.2) is 9.13 Å². The van der Waals surface area contributed by atoms with E-state index in [-0.39, 0.29) is 0 Å². The van der Waals surface area contributed by atoms with Gasteiger partial charge in [0.1, 0.15) is 0 Å². The van der Waals surface area contributed by atoms with Crippen molar-refractivity contribution in [3.63, 3.8) is 0 Å². The number of hydrogen-bond donors (Lipinski definition) is 0. The summed E-state index contributed by atoms with van der Waals surface area (Å²) < 4.78 is 7.44. The van der Waals surface area contributed by atoms with Gasteiger partial charge in [0.05, 0.1) is 11.0 Å². The number of nitrogens with zero attached hydrogens (tertiary/aromatic N) is 2. The minimum Gasteiger partial charge on any atom is -0.344 e. The van der Waals surface area contributed by atoms with Crippen molar-refractivity contribution in [3.05, 3.63) is 103 Å². The zero-order chi connectivity index (χ0) is 22.4.